The molecule has 0 bridgehead atoms. The summed E-state index contributed by atoms with van der Waals surface area (Å²) in [6.07, 6.45) is -0.457. The number of β-amino-alcohol motifs (C(OH)–C–C–N with tert-alkyl or cyclic N) is 1. The number of amides is 1. The summed E-state index contributed by atoms with van der Waals surface area (Å²) < 4.78 is 4.87. The zero-order chi connectivity index (χ0) is 13.1. The topological polar surface area (TPSA) is 66.8 Å². The van der Waals surface area contributed by atoms with Gasteiger partial charge in [0, 0.05) is 5.69 Å². The fourth-order valence-corrected chi connectivity index (χ4v) is 1.93. The summed E-state index contributed by atoms with van der Waals surface area (Å²) in [6, 6.07) is 6.60. The summed E-state index contributed by atoms with van der Waals surface area (Å²) in [4.78, 5) is 24.5. The van der Waals surface area contributed by atoms with Crippen molar-refractivity contribution in [2.75, 3.05) is 18.1 Å². The van der Waals surface area contributed by atoms with Crippen molar-refractivity contribution in [3.05, 3.63) is 29.8 Å². The third-order valence-corrected chi connectivity index (χ3v) is 2.79. The molecule has 1 saturated heterocycles. The first kappa shape index (κ1) is 12.6. The summed E-state index contributed by atoms with van der Waals surface area (Å²) >= 11 is 0. The first-order valence-electron chi connectivity index (χ1n) is 5.87. The van der Waals surface area contributed by atoms with Crippen LogP contribution in [0.1, 0.15) is 23.7 Å². The zero-order valence-corrected chi connectivity index (χ0v) is 10.1. The van der Waals surface area contributed by atoms with E-state index in [9.17, 15) is 14.7 Å². The lowest BCUT2D eigenvalue weighted by atomic mass is 10.2. The van der Waals surface area contributed by atoms with E-state index in [0.717, 1.165) is 0 Å². The van der Waals surface area contributed by atoms with Gasteiger partial charge in [-0.1, -0.05) is 0 Å². The molecule has 96 valence electrons. The lowest BCUT2D eigenvalue weighted by Crippen LogP contribution is -2.25. The summed E-state index contributed by atoms with van der Waals surface area (Å²) in [5, 5.41) is 9.41. The molecule has 1 heterocycles. The Hall–Kier alpha value is -1.88. The van der Waals surface area contributed by atoms with Gasteiger partial charge in [-0.3, -0.25) is 4.79 Å². The predicted molar refractivity (Wildman–Crippen MR) is 65.4 cm³/mol. The number of aliphatic hydroxyl groups is 1. The monoisotopic (exact) mass is 249 g/mol. The van der Waals surface area contributed by atoms with Crippen LogP contribution in [0.3, 0.4) is 0 Å². The number of esters is 1. The molecule has 1 aliphatic heterocycles. The Morgan fingerprint density at radius 2 is 2.11 bits per heavy atom. The normalized spacial score (nSPS) is 19.1. The molecular formula is C13H15NO4. The molecule has 0 spiro atoms. The molecule has 1 aromatic carbocycles. The second kappa shape index (κ2) is 5.18. The van der Waals surface area contributed by atoms with E-state index >= 15 is 0 Å². The number of aliphatic hydroxyl groups excluding tert-OH is 1. The minimum Gasteiger partial charge on any atom is -0.462 e. The molecule has 5 heteroatoms. The van der Waals surface area contributed by atoms with E-state index in [1.165, 1.54) is 4.90 Å². The van der Waals surface area contributed by atoms with Gasteiger partial charge in [-0.15, -0.1) is 0 Å². The van der Waals surface area contributed by atoms with Crippen molar-refractivity contribution in [1.82, 2.24) is 0 Å². The number of hydrogen-bond donors (Lipinski definition) is 1. The minimum absolute atomic E-state index is 0.105. The maximum Gasteiger partial charge on any atom is 0.338 e. The van der Waals surface area contributed by atoms with Crippen LogP contribution in [0.4, 0.5) is 5.69 Å². The van der Waals surface area contributed by atoms with Crippen molar-refractivity contribution < 1.29 is 19.4 Å². The Labute approximate surface area is 105 Å². The van der Waals surface area contributed by atoms with Crippen LogP contribution in [0.25, 0.3) is 0 Å². The zero-order valence-electron chi connectivity index (χ0n) is 10.1. The average Bonchev–Trinajstić information content (AvgIpc) is 2.69. The molecule has 2 rings (SSSR count). The fraction of sp³-hybridized carbons (Fsp3) is 0.385. The lowest BCUT2D eigenvalue weighted by Gasteiger charge is -2.15. The molecule has 0 aliphatic carbocycles. The number of anilines is 1. The van der Waals surface area contributed by atoms with Crippen molar-refractivity contribution in [3.63, 3.8) is 0 Å². The van der Waals surface area contributed by atoms with E-state index in [-0.39, 0.29) is 18.3 Å². The van der Waals surface area contributed by atoms with Gasteiger partial charge in [-0.25, -0.2) is 4.79 Å². The van der Waals surface area contributed by atoms with Gasteiger partial charge < -0.3 is 14.7 Å². The number of carbonyl (C=O) groups excluding carboxylic acids is 2. The van der Waals surface area contributed by atoms with Crippen LogP contribution in [-0.2, 0) is 9.53 Å². The largest absolute Gasteiger partial charge is 0.462 e. The summed E-state index contributed by atoms with van der Waals surface area (Å²) in [5.41, 5.74) is 1.14. The van der Waals surface area contributed by atoms with E-state index in [1.54, 1.807) is 31.2 Å². The third kappa shape index (κ3) is 2.51. The number of carbonyl (C=O) groups is 2. The van der Waals surface area contributed by atoms with Crippen LogP contribution in [0, 0.1) is 0 Å². The number of ether oxygens (including phenoxy) is 1. The van der Waals surface area contributed by atoms with Gasteiger partial charge in [0.2, 0.25) is 5.91 Å². The number of nitrogens with zero attached hydrogens (tertiary/aromatic N) is 1. The molecule has 1 aliphatic rings. The van der Waals surface area contributed by atoms with Crippen LogP contribution in [0.5, 0.6) is 0 Å². The predicted octanol–water partition coefficient (Wildman–Crippen LogP) is 0.961. The highest BCUT2D eigenvalue weighted by Gasteiger charge is 2.28. The molecule has 1 fully saturated rings. The smallest absolute Gasteiger partial charge is 0.338 e. The Bertz CT molecular complexity index is 455. The summed E-state index contributed by atoms with van der Waals surface area (Å²) in [6.45, 7) is 2.38. The van der Waals surface area contributed by atoms with Crippen molar-refractivity contribution in [3.8, 4) is 0 Å². The highest BCUT2D eigenvalue weighted by atomic mass is 16.5. The number of hydrogen-bond acceptors (Lipinski definition) is 4. The highest BCUT2D eigenvalue weighted by molar-refractivity contribution is 5.97. The summed E-state index contributed by atoms with van der Waals surface area (Å²) in [7, 11) is 0. The molecule has 0 radical (unpaired) electrons. The van der Waals surface area contributed by atoms with Crippen LogP contribution in [-0.4, -0.2) is 36.2 Å². The van der Waals surface area contributed by atoms with Gasteiger partial charge in [0.15, 0.2) is 0 Å². The van der Waals surface area contributed by atoms with Crippen LogP contribution in [0.15, 0.2) is 24.3 Å². The van der Waals surface area contributed by atoms with Crippen molar-refractivity contribution in [1.29, 1.82) is 0 Å². The van der Waals surface area contributed by atoms with Gasteiger partial charge in [0.1, 0.15) is 0 Å². The van der Waals surface area contributed by atoms with Gasteiger partial charge >= 0.3 is 5.97 Å². The second-order valence-corrected chi connectivity index (χ2v) is 4.13. The second-order valence-electron chi connectivity index (χ2n) is 4.13. The van der Waals surface area contributed by atoms with Gasteiger partial charge in [-0.05, 0) is 31.2 Å². The van der Waals surface area contributed by atoms with E-state index in [4.69, 9.17) is 4.74 Å². The lowest BCUT2D eigenvalue weighted by molar-refractivity contribution is -0.117. The highest BCUT2D eigenvalue weighted by Crippen LogP contribution is 2.22. The molecule has 1 amide bonds. The Balaban J connectivity index is 2.13. The first-order valence-corrected chi connectivity index (χ1v) is 5.87. The Morgan fingerprint density at radius 3 is 2.61 bits per heavy atom. The van der Waals surface area contributed by atoms with Crippen molar-refractivity contribution in [2.24, 2.45) is 0 Å². The van der Waals surface area contributed by atoms with Crippen molar-refractivity contribution >= 4 is 17.6 Å². The van der Waals surface area contributed by atoms with Crippen molar-refractivity contribution in [2.45, 2.75) is 19.4 Å². The van der Waals surface area contributed by atoms with E-state index in [2.05, 4.69) is 0 Å². The van der Waals surface area contributed by atoms with Gasteiger partial charge in [-0.2, -0.15) is 0 Å². The van der Waals surface area contributed by atoms with E-state index in [1.807, 2.05) is 0 Å². The molecule has 1 unspecified atom stereocenters. The molecule has 1 aromatic rings. The first-order chi connectivity index (χ1) is 8.61. The minimum atomic E-state index is -0.609. The van der Waals surface area contributed by atoms with Gasteiger partial charge in [0.05, 0.1) is 31.2 Å². The fourth-order valence-electron chi connectivity index (χ4n) is 1.93. The molecule has 1 atom stereocenters. The molecule has 5 nitrogen and oxygen atoms in total. The number of benzene rings is 1. The quantitative estimate of drug-likeness (QED) is 0.810. The maximum atomic E-state index is 11.6. The third-order valence-electron chi connectivity index (χ3n) is 2.79. The molecule has 0 aromatic heterocycles. The van der Waals surface area contributed by atoms with Gasteiger partial charge in [0.25, 0.3) is 0 Å². The molecular weight excluding hydrogens is 234 g/mol. The number of rotatable bonds is 3. The Morgan fingerprint density at radius 1 is 1.44 bits per heavy atom. The SMILES string of the molecule is CCOC(=O)c1ccc(N2CC(O)CC2=O)cc1. The van der Waals surface area contributed by atoms with E-state index in [0.29, 0.717) is 24.4 Å². The average molecular weight is 249 g/mol. The van der Waals surface area contributed by atoms with Crippen LogP contribution in [0.2, 0.25) is 0 Å². The molecule has 1 N–H and O–H groups in total. The van der Waals surface area contributed by atoms with Crippen LogP contribution >= 0.6 is 0 Å². The maximum absolute atomic E-state index is 11.6. The standard InChI is InChI=1S/C13H15NO4/c1-2-18-13(17)9-3-5-10(6-4-9)14-8-11(15)7-12(14)16/h3-6,11,15H,2,7-8H2,1H3. The summed E-state index contributed by atoms with van der Waals surface area (Å²) in [5.74, 6) is -0.483. The van der Waals surface area contributed by atoms with Crippen LogP contribution < -0.4 is 4.90 Å². The molecule has 18 heavy (non-hydrogen) atoms. The van der Waals surface area contributed by atoms with E-state index < -0.39 is 6.10 Å². The Kier molecular flexibility index (Phi) is 3.62. The molecule has 0 saturated carbocycles.